The Morgan fingerprint density at radius 1 is 1.26 bits per heavy atom. The molecule has 1 aromatic rings. The Hall–Kier alpha value is -1.10. The van der Waals surface area contributed by atoms with Crippen LogP contribution in [0.2, 0.25) is 0 Å². The molecular weight excluding hydrogens is 238 g/mol. The molecule has 0 spiro atoms. The standard InChI is InChI=1S/C14H25N5/c1-3-15-14-18-17-13(19(14)4-2)12-9-10-7-5-6-8-11(10)16-12/h10-12,16H,3-9H2,1-2H3,(H,15,18). The summed E-state index contributed by atoms with van der Waals surface area (Å²) in [6, 6.07) is 1.11. The lowest BCUT2D eigenvalue weighted by atomic mass is 9.85. The Balaban J connectivity index is 1.79. The fourth-order valence-corrected chi connectivity index (χ4v) is 3.69. The van der Waals surface area contributed by atoms with E-state index in [1.807, 2.05) is 0 Å². The summed E-state index contributed by atoms with van der Waals surface area (Å²) >= 11 is 0. The summed E-state index contributed by atoms with van der Waals surface area (Å²) in [7, 11) is 0. The molecule has 2 N–H and O–H groups in total. The van der Waals surface area contributed by atoms with Crippen LogP contribution in [0.5, 0.6) is 0 Å². The minimum atomic E-state index is 0.396. The van der Waals surface area contributed by atoms with Crippen molar-refractivity contribution in [2.24, 2.45) is 5.92 Å². The van der Waals surface area contributed by atoms with Crippen LogP contribution >= 0.6 is 0 Å². The first-order valence-corrected chi connectivity index (χ1v) is 7.76. The molecule has 1 saturated heterocycles. The number of fused-ring (bicyclic) bond motifs is 1. The van der Waals surface area contributed by atoms with E-state index in [1.54, 1.807) is 0 Å². The molecule has 5 heteroatoms. The van der Waals surface area contributed by atoms with Crippen molar-refractivity contribution in [2.45, 2.75) is 64.6 Å². The first-order chi connectivity index (χ1) is 9.33. The lowest BCUT2D eigenvalue weighted by Crippen LogP contribution is -2.31. The summed E-state index contributed by atoms with van der Waals surface area (Å²) in [6.07, 6.45) is 6.73. The van der Waals surface area contributed by atoms with Crippen LogP contribution in [0.15, 0.2) is 0 Å². The molecule has 0 aromatic carbocycles. The molecule has 1 saturated carbocycles. The quantitative estimate of drug-likeness (QED) is 0.875. The van der Waals surface area contributed by atoms with Crippen molar-refractivity contribution in [3.63, 3.8) is 0 Å². The second-order valence-electron chi connectivity index (χ2n) is 5.76. The first kappa shape index (κ1) is 12.9. The maximum absolute atomic E-state index is 4.43. The highest BCUT2D eigenvalue weighted by atomic mass is 15.4. The Morgan fingerprint density at radius 2 is 2.11 bits per heavy atom. The van der Waals surface area contributed by atoms with Crippen molar-refractivity contribution in [1.82, 2.24) is 20.1 Å². The van der Waals surface area contributed by atoms with Gasteiger partial charge < -0.3 is 10.6 Å². The van der Waals surface area contributed by atoms with E-state index in [-0.39, 0.29) is 0 Å². The zero-order chi connectivity index (χ0) is 13.2. The fraction of sp³-hybridized carbons (Fsp3) is 0.857. The van der Waals surface area contributed by atoms with E-state index >= 15 is 0 Å². The van der Waals surface area contributed by atoms with Gasteiger partial charge in [-0.2, -0.15) is 0 Å². The second kappa shape index (κ2) is 5.49. The van der Waals surface area contributed by atoms with Crippen molar-refractivity contribution < 1.29 is 0 Å². The molecule has 3 atom stereocenters. The van der Waals surface area contributed by atoms with Crippen LogP contribution in [0.1, 0.15) is 57.8 Å². The van der Waals surface area contributed by atoms with E-state index in [0.29, 0.717) is 12.1 Å². The molecule has 5 nitrogen and oxygen atoms in total. The summed E-state index contributed by atoms with van der Waals surface area (Å²) in [5.41, 5.74) is 0. The average molecular weight is 263 g/mol. The summed E-state index contributed by atoms with van der Waals surface area (Å²) < 4.78 is 2.22. The number of nitrogens with zero attached hydrogens (tertiary/aromatic N) is 3. The maximum Gasteiger partial charge on any atom is 0.224 e. The van der Waals surface area contributed by atoms with Crippen LogP contribution in [-0.4, -0.2) is 27.4 Å². The summed E-state index contributed by atoms with van der Waals surface area (Å²) in [6.45, 7) is 6.08. The van der Waals surface area contributed by atoms with Crippen LogP contribution in [0.4, 0.5) is 5.95 Å². The molecule has 2 heterocycles. The van der Waals surface area contributed by atoms with Crippen molar-refractivity contribution in [2.75, 3.05) is 11.9 Å². The minimum absolute atomic E-state index is 0.396. The topological polar surface area (TPSA) is 54.8 Å². The number of rotatable bonds is 4. The highest BCUT2D eigenvalue weighted by molar-refractivity contribution is 5.27. The van der Waals surface area contributed by atoms with Crippen molar-refractivity contribution >= 4 is 5.95 Å². The summed E-state index contributed by atoms with van der Waals surface area (Å²) in [5, 5.41) is 15.8. The molecule has 0 bridgehead atoms. The number of nitrogens with one attached hydrogen (secondary N) is 2. The number of hydrogen-bond donors (Lipinski definition) is 2. The van der Waals surface area contributed by atoms with Crippen LogP contribution in [0.25, 0.3) is 0 Å². The highest BCUT2D eigenvalue weighted by Crippen LogP contribution is 2.38. The van der Waals surface area contributed by atoms with Gasteiger partial charge in [0.15, 0.2) is 5.82 Å². The van der Waals surface area contributed by atoms with Crippen molar-refractivity contribution in [3.8, 4) is 0 Å². The van der Waals surface area contributed by atoms with Gasteiger partial charge in [0, 0.05) is 19.1 Å². The third-order valence-electron chi connectivity index (χ3n) is 4.60. The molecule has 1 aliphatic carbocycles. The van der Waals surface area contributed by atoms with Crippen molar-refractivity contribution in [1.29, 1.82) is 0 Å². The lowest BCUT2D eigenvalue weighted by molar-refractivity contribution is 0.325. The highest BCUT2D eigenvalue weighted by Gasteiger charge is 2.37. The maximum atomic E-state index is 4.43. The van der Waals surface area contributed by atoms with Gasteiger partial charge in [-0.25, -0.2) is 0 Å². The zero-order valence-electron chi connectivity index (χ0n) is 12.0. The van der Waals surface area contributed by atoms with Gasteiger partial charge in [0.25, 0.3) is 0 Å². The van der Waals surface area contributed by atoms with Gasteiger partial charge in [-0.1, -0.05) is 12.8 Å². The predicted octanol–water partition coefficient (Wildman–Crippen LogP) is 2.32. The first-order valence-electron chi connectivity index (χ1n) is 7.76. The van der Waals surface area contributed by atoms with Crippen LogP contribution in [0, 0.1) is 5.92 Å². The molecule has 3 unspecified atom stereocenters. The Morgan fingerprint density at radius 3 is 2.84 bits per heavy atom. The molecule has 0 amide bonds. The van der Waals surface area contributed by atoms with Crippen LogP contribution in [-0.2, 0) is 6.54 Å². The van der Waals surface area contributed by atoms with E-state index in [0.717, 1.165) is 30.8 Å². The zero-order valence-corrected chi connectivity index (χ0v) is 12.0. The number of hydrogen-bond acceptors (Lipinski definition) is 4. The van der Waals surface area contributed by atoms with Gasteiger partial charge in [-0.15, -0.1) is 10.2 Å². The average Bonchev–Trinajstić information content (AvgIpc) is 3.01. The van der Waals surface area contributed by atoms with Gasteiger partial charge in [-0.05, 0) is 39.0 Å². The van der Waals surface area contributed by atoms with E-state index in [9.17, 15) is 0 Å². The number of anilines is 1. The van der Waals surface area contributed by atoms with Crippen LogP contribution < -0.4 is 10.6 Å². The smallest absolute Gasteiger partial charge is 0.224 e. The Labute approximate surface area is 115 Å². The monoisotopic (exact) mass is 263 g/mol. The van der Waals surface area contributed by atoms with Gasteiger partial charge in [0.1, 0.15) is 0 Å². The minimum Gasteiger partial charge on any atom is -0.355 e. The van der Waals surface area contributed by atoms with E-state index in [2.05, 4.69) is 39.2 Å². The van der Waals surface area contributed by atoms with Gasteiger partial charge >= 0.3 is 0 Å². The molecule has 19 heavy (non-hydrogen) atoms. The van der Waals surface area contributed by atoms with Gasteiger partial charge in [0.05, 0.1) is 6.04 Å². The molecule has 0 radical (unpaired) electrons. The third kappa shape index (κ3) is 2.36. The lowest BCUT2D eigenvalue weighted by Gasteiger charge is -2.24. The molecule has 1 aromatic heterocycles. The second-order valence-corrected chi connectivity index (χ2v) is 5.76. The molecular formula is C14H25N5. The molecule has 2 aliphatic rings. The Kier molecular flexibility index (Phi) is 3.73. The number of aromatic nitrogens is 3. The van der Waals surface area contributed by atoms with E-state index < -0.39 is 0 Å². The molecule has 1 aliphatic heterocycles. The van der Waals surface area contributed by atoms with Gasteiger partial charge in [0.2, 0.25) is 5.95 Å². The Bertz CT molecular complexity index is 413. The molecule has 106 valence electrons. The normalized spacial score (nSPS) is 30.3. The van der Waals surface area contributed by atoms with Gasteiger partial charge in [-0.3, -0.25) is 4.57 Å². The SMILES string of the molecule is CCNc1nnc(C2CC3CCCCC3N2)n1CC. The van der Waals surface area contributed by atoms with Crippen molar-refractivity contribution in [3.05, 3.63) is 5.82 Å². The van der Waals surface area contributed by atoms with E-state index in [1.165, 1.54) is 32.1 Å². The van der Waals surface area contributed by atoms with E-state index in [4.69, 9.17) is 0 Å². The fourth-order valence-electron chi connectivity index (χ4n) is 3.69. The molecule has 3 rings (SSSR count). The molecule has 2 fully saturated rings. The predicted molar refractivity (Wildman–Crippen MR) is 76.1 cm³/mol. The largest absolute Gasteiger partial charge is 0.355 e. The third-order valence-corrected chi connectivity index (χ3v) is 4.60. The summed E-state index contributed by atoms with van der Waals surface area (Å²) in [5.74, 6) is 2.88. The van der Waals surface area contributed by atoms with Crippen LogP contribution in [0.3, 0.4) is 0 Å². The summed E-state index contributed by atoms with van der Waals surface area (Å²) in [4.78, 5) is 0.